The van der Waals surface area contributed by atoms with E-state index < -0.39 is 23.1 Å². The number of halogens is 4. The number of likely N-dealkylation sites (tertiary alicyclic amines) is 1. The Morgan fingerprint density at radius 3 is 2.53 bits per heavy atom. The molecule has 2 aromatic carbocycles. The highest BCUT2D eigenvalue weighted by atomic mass is 35.5. The van der Waals surface area contributed by atoms with Gasteiger partial charge in [-0.05, 0) is 43.0 Å². The predicted octanol–water partition coefficient (Wildman–Crippen LogP) is 4.79. The smallest absolute Gasteiger partial charge is 0.416 e. The highest BCUT2D eigenvalue weighted by Gasteiger charge is 2.33. The van der Waals surface area contributed by atoms with Crippen LogP contribution in [-0.2, 0) is 24.1 Å². The van der Waals surface area contributed by atoms with Crippen LogP contribution in [0.25, 0.3) is 0 Å². The lowest BCUT2D eigenvalue weighted by Crippen LogP contribution is -2.37. The molecule has 1 saturated carbocycles. The second-order valence-corrected chi connectivity index (χ2v) is 9.42. The molecule has 2 aliphatic rings. The first kappa shape index (κ1) is 21.8. The molecule has 4 rings (SSSR count). The van der Waals surface area contributed by atoms with Gasteiger partial charge in [-0.1, -0.05) is 23.7 Å². The fraction of sp³-hybridized carbons (Fsp3) is 0.429. The minimum atomic E-state index is -4.53. The SMILES string of the molecule is [O-][S+](N[C@@H]1CCN(Cc2ccc(OC3CC3)cc2)C1)c1cc(Cl)cc(C(F)(F)F)c1. The Labute approximate surface area is 181 Å². The van der Waals surface area contributed by atoms with Gasteiger partial charge < -0.3 is 9.29 Å². The number of nitrogens with one attached hydrogen (secondary N) is 1. The molecule has 2 fully saturated rings. The molecule has 0 spiro atoms. The number of ether oxygens (including phenoxy) is 1. The molecule has 0 amide bonds. The second-order valence-electron chi connectivity index (χ2n) is 7.74. The standard InChI is InChI=1S/C21H22ClF3N2O2S/c22-16-9-15(21(23,24)25)10-20(11-16)30(28)26-17-7-8-27(13-17)12-14-1-3-18(4-2-14)29-19-5-6-19/h1-4,9-11,17,19,26H,5-8,12-13H2/t17-,30?/m1/s1. The fourth-order valence-corrected chi connectivity index (χ4v) is 4.83. The third-order valence-corrected chi connectivity index (χ3v) is 6.54. The van der Waals surface area contributed by atoms with Crippen molar-refractivity contribution >= 4 is 23.0 Å². The van der Waals surface area contributed by atoms with E-state index in [1.165, 1.54) is 6.07 Å². The summed E-state index contributed by atoms with van der Waals surface area (Å²) < 4.78 is 60.2. The lowest BCUT2D eigenvalue weighted by atomic mass is 10.2. The zero-order chi connectivity index (χ0) is 21.3. The average molecular weight is 459 g/mol. The fourth-order valence-electron chi connectivity index (χ4n) is 3.44. The van der Waals surface area contributed by atoms with E-state index in [0.29, 0.717) is 12.6 Å². The number of alkyl halides is 3. The van der Waals surface area contributed by atoms with E-state index in [0.717, 1.165) is 55.8 Å². The van der Waals surface area contributed by atoms with Crippen molar-refractivity contribution in [1.29, 1.82) is 0 Å². The molecular weight excluding hydrogens is 437 g/mol. The Morgan fingerprint density at radius 1 is 1.13 bits per heavy atom. The van der Waals surface area contributed by atoms with Crippen LogP contribution in [-0.4, -0.2) is 34.7 Å². The molecule has 1 unspecified atom stereocenters. The van der Waals surface area contributed by atoms with Gasteiger partial charge >= 0.3 is 6.18 Å². The summed E-state index contributed by atoms with van der Waals surface area (Å²) in [5, 5.41) is -0.0860. The molecule has 162 valence electrons. The van der Waals surface area contributed by atoms with Gasteiger partial charge in [0.2, 0.25) is 0 Å². The van der Waals surface area contributed by atoms with Crippen LogP contribution in [0, 0.1) is 0 Å². The number of hydrogen-bond donors (Lipinski definition) is 1. The van der Waals surface area contributed by atoms with Crippen molar-refractivity contribution in [1.82, 2.24) is 9.62 Å². The zero-order valence-corrected chi connectivity index (χ0v) is 17.7. The Hall–Kier alpha value is -1.45. The minimum absolute atomic E-state index is 0.0273. The van der Waals surface area contributed by atoms with E-state index in [1.54, 1.807) is 0 Å². The van der Waals surface area contributed by atoms with E-state index >= 15 is 0 Å². The van der Waals surface area contributed by atoms with Crippen LogP contribution in [0.2, 0.25) is 5.02 Å². The summed E-state index contributed by atoms with van der Waals surface area (Å²) in [6, 6.07) is 11.0. The molecule has 1 aliphatic heterocycles. The summed E-state index contributed by atoms with van der Waals surface area (Å²) in [6.07, 6.45) is -1.15. The first-order chi connectivity index (χ1) is 14.3. The van der Waals surface area contributed by atoms with Crippen molar-refractivity contribution in [2.24, 2.45) is 0 Å². The van der Waals surface area contributed by atoms with Crippen LogP contribution in [0.5, 0.6) is 5.75 Å². The normalized spacial score (nSPS) is 21.0. The van der Waals surface area contributed by atoms with Crippen molar-refractivity contribution < 1.29 is 22.5 Å². The van der Waals surface area contributed by atoms with Crippen LogP contribution in [0.15, 0.2) is 47.4 Å². The predicted molar refractivity (Wildman–Crippen MR) is 110 cm³/mol. The summed E-state index contributed by atoms with van der Waals surface area (Å²) in [7, 11) is 0. The van der Waals surface area contributed by atoms with Crippen molar-refractivity contribution in [3.05, 3.63) is 58.6 Å². The molecule has 0 radical (unpaired) electrons. The second kappa shape index (κ2) is 8.96. The summed E-state index contributed by atoms with van der Waals surface area (Å²) in [6.45, 7) is 2.24. The van der Waals surface area contributed by atoms with Gasteiger partial charge in [0, 0.05) is 36.8 Å². The van der Waals surface area contributed by atoms with Gasteiger partial charge in [0.25, 0.3) is 0 Å². The van der Waals surface area contributed by atoms with Crippen LogP contribution >= 0.6 is 11.6 Å². The topological polar surface area (TPSA) is 47.6 Å². The van der Waals surface area contributed by atoms with E-state index in [1.807, 2.05) is 24.3 Å². The molecule has 2 atom stereocenters. The molecule has 0 aromatic heterocycles. The van der Waals surface area contributed by atoms with Gasteiger partial charge in [-0.15, -0.1) is 4.72 Å². The monoisotopic (exact) mass is 458 g/mol. The minimum Gasteiger partial charge on any atom is -0.593 e. The summed E-state index contributed by atoms with van der Waals surface area (Å²) in [5.41, 5.74) is 0.256. The van der Waals surface area contributed by atoms with Crippen molar-refractivity contribution in [3.8, 4) is 5.75 Å². The molecule has 2 aromatic rings. The maximum Gasteiger partial charge on any atom is 0.416 e. The third kappa shape index (κ3) is 5.82. The van der Waals surface area contributed by atoms with Crippen LogP contribution in [0.4, 0.5) is 13.2 Å². The maximum absolute atomic E-state index is 13.0. The molecule has 0 bridgehead atoms. The number of hydrogen-bond acceptors (Lipinski definition) is 4. The van der Waals surface area contributed by atoms with Gasteiger partial charge in [0.05, 0.1) is 29.1 Å². The lowest BCUT2D eigenvalue weighted by molar-refractivity contribution is -0.137. The first-order valence-electron chi connectivity index (χ1n) is 9.80. The van der Waals surface area contributed by atoms with Gasteiger partial charge in [-0.2, -0.15) is 13.2 Å². The van der Waals surface area contributed by atoms with E-state index in [4.69, 9.17) is 16.3 Å². The molecule has 1 aliphatic carbocycles. The molecule has 1 saturated heterocycles. The van der Waals surface area contributed by atoms with Gasteiger partial charge in [-0.3, -0.25) is 4.90 Å². The van der Waals surface area contributed by atoms with Crippen molar-refractivity contribution in [3.63, 3.8) is 0 Å². The van der Waals surface area contributed by atoms with E-state index in [-0.39, 0.29) is 16.0 Å². The van der Waals surface area contributed by atoms with Crippen molar-refractivity contribution in [2.45, 2.75) is 49.0 Å². The molecular formula is C21H22ClF3N2O2S. The molecule has 1 N–H and O–H groups in total. The molecule has 1 heterocycles. The Bertz CT molecular complexity index is 878. The Balaban J connectivity index is 1.30. The van der Waals surface area contributed by atoms with Gasteiger partial charge in [0.15, 0.2) is 4.90 Å². The lowest BCUT2D eigenvalue weighted by Gasteiger charge is -2.18. The van der Waals surface area contributed by atoms with Crippen LogP contribution in [0.3, 0.4) is 0 Å². The van der Waals surface area contributed by atoms with Gasteiger partial charge in [0.1, 0.15) is 5.75 Å². The van der Waals surface area contributed by atoms with Crippen LogP contribution in [0.1, 0.15) is 30.4 Å². The summed E-state index contributed by atoms with van der Waals surface area (Å²) in [4.78, 5) is 2.25. The highest BCUT2D eigenvalue weighted by molar-refractivity contribution is 7.89. The Morgan fingerprint density at radius 2 is 1.87 bits per heavy atom. The molecule has 9 heteroatoms. The zero-order valence-electron chi connectivity index (χ0n) is 16.1. The first-order valence-corrected chi connectivity index (χ1v) is 11.3. The number of rotatable bonds is 7. The molecule has 4 nitrogen and oxygen atoms in total. The van der Waals surface area contributed by atoms with Crippen molar-refractivity contribution in [2.75, 3.05) is 13.1 Å². The molecule has 30 heavy (non-hydrogen) atoms. The van der Waals surface area contributed by atoms with E-state index in [9.17, 15) is 17.7 Å². The highest BCUT2D eigenvalue weighted by Crippen LogP contribution is 2.33. The average Bonchev–Trinajstić information content (AvgIpc) is 3.40. The third-order valence-electron chi connectivity index (χ3n) is 5.12. The van der Waals surface area contributed by atoms with Gasteiger partial charge in [-0.25, -0.2) is 0 Å². The van der Waals surface area contributed by atoms with Crippen LogP contribution < -0.4 is 9.46 Å². The number of benzene rings is 2. The maximum atomic E-state index is 13.0. The number of nitrogens with zero attached hydrogens (tertiary/aromatic N) is 1. The quantitative estimate of drug-likeness (QED) is 0.606. The van der Waals surface area contributed by atoms with E-state index in [2.05, 4.69) is 9.62 Å². The summed E-state index contributed by atoms with van der Waals surface area (Å²) >= 11 is 4.02. The summed E-state index contributed by atoms with van der Waals surface area (Å²) in [5.74, 6) is 0.886. The Kier molecular flexibility index (Phi) is 6.50. The largest absolute Gasteiger partial charge is 0.593 e.